The first-order valence-electron chi connectivity index (χ1n) is 7.95. The summed E-state index contributed by atoms with van der Waals surface area (Å²) in [5.74, 6) is -0.711. The molecule has 0 bridgehead atoms. The quantitative estimate of drug-likeness (QED) is 0.906. The minimum Gasteiger partial charge on any atom is -0.365 e. The fraction of sp³-hybridized carbons (Fsp3) is 0.412. The van der Waals surface area contributed by atoms with Crippen molar-refractivity contribution < 1.29 is 14.0 Å². The van der Waals surface area contributed by atoms with Gasteiger partial charge in [0.1, 0.15) is 5.82 Å². The second-order valence-electron chi connectivity index (χ2n) is 6.02. The van der Waals surface area contributed by atoms with Gasteiger partial charge in [0.25, 0.3) is 5.91 Å². The molecule has 7 heteroatoms. The molecule has 0 aliphatic carbocycles. The van der Waals surface area contributed by atoms with Crippen molar-refractivity contribution in [2.45, 2.75) is 38.2 Å². The predicted octanol–water partition coefficient (Wildman–Crippen LogP) is 2.39. The molecule has 2 heterocycles. The van der Waals surface area contributed by atoms with Crippen LogP contribution in [-0.4, -0.2) is 33.7 Å². The van der Waals surface area contributed by atoms with E-state index in [1.807, 2.05) is 17.9 Å². The van der Waals surface area contributed by atoms with Gasteiger partial charge in [0.2, 0.25) is 5.91 Å². The third kappa shape index (κ3) is 3.26. The lowest BCUT2D eigenvalue weighted by molar-refractivity contribution is -0.136. The zero-order valence-corrected chi connectivity index (χ0v) is 14.3. The summed E-state index contributed by atoms with van der Waals surface area (Å²) in [6.45, 7) is 2.90. The molecule has 5 nitrogen and oxygen atoms in total. The first-order chi connectivity index (χ1) is 11.5. The van der Waals surface area contributed by atoms with Crippen LogP contribution in [0.4, 0.5) is 4.39 Å². The number of hydrogen-bond donors (Lipinski definition) is 1. The maximum absolute atomic E-state index is 13.5. The summed E-state index contributed by atoms with van der Waals surface area (Å²) in [6, 6.07) is 6.35. The number of allylic oxidation sites excluding steroid dienone is 1. The van der Waals surface area contributed by atoms with Crippen LogP contribution in [-0.2, 0) is 16.1 Å². The van der Waals surface area contributed by atoms with E-state index >= 15 is 0 Å². The minimum atomic E-state index is -0.492. The van der Waals surface area contributed by atoms with Gasteiger partial charge in [-0.25, -0.2) is 4.39 Å². The fourth-order valence-electron chi connectivity index (χ4n) is 3.11. The van der Waals surface area contributed by atoms with Gasteiger partial charge >= 0.3 is 0 Å². The van der Waals surface area contributed by atoms with E-state index in [-0.39, 0.29) is 17.2 Å². The van der Waals surface area contributed by atoms with Crippen LogP contribution >= 0.6 is 11.8 Å². The summed E-state index contributed by atoms with van der Waals surface area (Å²) in [7, 11) is 0. The number of halogens is 1. The van der Waals surface area contributed by atoms with E-state index in [0.717, 1.165) is 24.1 Å². The number of benzene rings is 1. The van der Waals surface area contributed by atoms with Gasteiger partial charge in [0.05, 0.1) is 4.91 Å². The van der Waals surface area contributed by atoms with Crippen LogP contribution in [0.25, 0.3) is 0 Å². The van der Waals surface area contributed by atoms with Crippen LogP contribution in [0.15, 0.2) is 34.9 Å². The Morgan fingerprint density at radius 1 is 1.42 bits per heavy atom. The Balaban J connectivity index is 1.90. The molecule has 2 aliphatic rings. The number of thioether (sulfide) groups is 1. The maximum atomic E-state index is 13.5. The van der Waals surface area contributed by atoms with E-state index in [2.05, 4.69) is 0 Å². The molecule has 1 fully saturated rings. The molecule has 0 aromatic heterocycles. The number of likely N-dealkylation sites (tertiary alicyclic amines) is 1. The second kappa shape index (κ2) is 6.84. The molecule has 24 heavy (non-hydrogen) atoms. The predicted molar refractivity (Wildman–Crippen MR) is 90.8 cm³/mol. The Hall–Kier alpha value is -2.02. The number of nitrogens with zero attached hydrogens (tertiary/aromatic N) is 2. The minimum absolute atomic E-state index is 0.0847. The Morgan fingerprint density at radius 3 is 2.88 bits per heavy atom. The second-order valence-corrected chi connectivity index (χ2v) is 7.09. The van der Waals surface area contributed by atoms with Crippen molar-refractivity contribution in [2.75, 3.05) is 6.54 Å². The third-order valence-electron chi connectivity index (χ3n) is 4.34. The van der Waals surface area contributed by atoms with Crippen molar-refractivity contribution in [3.63, 3.8) is 0 Å². The average Bonchev–Trinajstić information content (AvgIpc) is 2.85. The Morgan fingerprint density at radius 2 is 2.21 bits per heavy atom. The molecule has 2 amide bonds. The Labute approximate surface area is 144 Å². The molecule has 0 radical (unpaired) electrons. The number of carbonyl (C=O) groups excluding carboxylic acids is 2. The van der Waals surface area contributed by atoms with Crippen molar-refractivity contribution in [1.82, 2.24) is 9.80 Å². The number of hydrogen-bond acceptors (Lipinski definition) is 4. The molecule has 3 rings (SSSR count). The molecular formula is C17H20FN3O2S. The monoisotopic (exact) mass is 349 g/mol. The zero-order chi connectivity index (χ0) is 17.3. The third-order valence-corrected chi connectivity index (χ3v) is 5.79. The van der Waals surface area contributed by atoms with E-state index in [0.29, 0.717) is 24.4 Å². The van der Waals surface area contributed by atoms with Crippen molar-refractivity contribution >= 4 is 23.6 Å². The highest BCUT2D eigenvalue weighted by Crippen LogP contribution is 2.41. The van der Waals surface area contributed by atoms with Crippen LogP contribution in [0, 0.1) is 5.82 Å². The van der Waals surface area contributed by atoms with Gasteiger partial charge in [-0.05, 0) is 37.5 Å². The molecule has 128 valence electrons. The van der Waals surface area contributed by atoms with E-state index < -0.39 is 5.91 Å². The Kier molecular flexibility index (Phi) is 4.80. The van der Waals surface area contributed by atoms with E-state index in [1.54, 1.807) is 11.0 Å². The van der Waals surface area contributed by atoms with Crippen LogP contribution in [0.3, 0.4) is 0 Å². The lowest BCUT2D eigenvalue weighted by atomic mass is 10.1. The van der Waals surface area contributed by atoms with Crippen molar-refractivity contribution in [3.8, 4) is 0 Å². The molecule has 0 saturated carbocycles. The number of rotatable bonds is 4. The maximum Gasteiger partial charge on any atom is 0.257 e. The molecule has 2 N–H and O–H groups in total. The highest BCUT2D eigenvalue weighted by molar-refractivity contribution is 8.04. The summed E-state index contributed by atoms with van der Waals surface area (Å²) in [5, 5.41) is 0. The summed E-state index contributed by atoms with van der Waals surface area (Å²) in [6.07, 6.45) is 2.36. The van der Waals surface area contributed by atoms with Crippen molar-refractivity contribution in [2.24, 2.45) is 5.73 Å². The number of piperidine rings is 1. The smallest absolute Gasteiger partial charge is 0.257 e. The van der Waals surface area contributed by atoms with Gasteiger partial charge in [-0.3, -0.25) is 9.59 Å². The molecule has 1 unspecified atom stereocenters. The summed E-state index contributed by atoms with van der Waals surface area (Å²) >= 11 is 1.31. The number of amides is 2. The SMILES string of the molecule is CC1=C(C(N)=O)SC(N2CCCCC2=O)N1Cc1cccc(F)c1. The molecular weight excluding hydrogens is 329 g/mol. The van der Waals surface area contributed by atoms with Crippen LogP contribution in [0.1, 0.15) is 31.7 Å². The highest BCUT2D eigenvalue weighted by Gasteiger charge is 2.39. The lowest BCUT2D eigenvalue weighted by Crippen LogP contribution is -2.48. The van der Waals surface area contributed by atoms with Crippen LogP contribution in [0.5, 0.6) is 0 Å². The van der Waals surface area contributed by atoms with Crippen LogP contribution in [0.2, 0.25) is 0 Å². The van der Waals surface area contributed by atoms with Gasteiger partial charge in [0.15, 0.2) is 5.50 Å². The van der Waals surface area contributed by atoms with Crippen molar-refractivity contribution in [3.05, 3.63) is 46.2 Å². The Bertz CT molecular complexity index is 707. The van der Waals surface area contributed by atoms with Gasteiger partial charge < -0.3 is 15.5 Å². The van der Waals surface area contributed by atoms with Gasteiger partial charge in [-0.1, -0.05) is 23.9 Å². The van der Waals surface area contributed by atoms with Gasteiger partial charge in [-0.2, -0.15) is 0 Å². The zero-order valence-electron chi connectivity index (χ0n) is 13.5. The van der Waals surface area contributed by atoms with Gasteiger partial charge in [-0.15, -0.1) is 0 Å². The highest BCUT2D eigenvalue weighted by atomic mass is 32.2. The molecule has 1 saturated heterocycles. The molecule has 1 atom stereocenters. The summed E-state index contributed by atoms with van der Waals surface area (Å²) in [4.78, 5) is 28.3. The standard InChI is InChI=1S/C17H20FN3O2S/c1-11-15(16(19)23)24-17(20-8-3-2-7-14(20)22)21(11)10-12-5-4-6-13(18)9-12/h4-6,9,17H,2-3,7-8,10H2,1H3,(H2,19,23). The molecule has 0 spiro atoms. The summed E-state index contributed by atoms with van der Waals surface area (Å²) in [5.41, 5.74) is 6.71. The normalized spacial score (nSPS) is 21.6. The van der Waals surface area contributed by atoms with Crippen LogP contribution < -0.4 is 5.73 Å². The molecule has 1 aromatic rings. The number of carbonyl (C=O) groups is 2. The first kappa shape index (κ1) is 16.8. The van der Waals surface area contributed by atoms with E-state index in [1.165, 1.54) is 23.9 Å². The van der Waals surface area contributed by atoms with Gasteiger partial charge in [0, 0.05) is 25.2 Å². The van der Waals surface area contributed by atoms with Crippen molar-refractivity contribution in [1.29, 1.82) is 0 Å². The molecule has 2 aliphatic heterocycles. The van der Waals surface area contributed by atoms with E-state index in [9.17, 15) is 14.0 Å². The largest absolute Gasteiger partial charge is 0.365 e. The molecule has 1 aromatic carbocycles. The number of primary amides is 1. The topological polar surface area (TPSA) is 66.6 Å². The summed E-state index contributed by atoms with van der Waals surface area (Å²) < 4.78 is 13.5. The average molecular weight is 349 g/mol. The van der Waals surface area contributed by atoms with E-state index in [4.69, 9.17) is 5.73 Å². The first-order valence-corrected chi connectivity index (χ1v) is 8.83. The fourth-order valence-corrected chi connectivity index (χ4v) is 4.43. The lowest BCUT2D eigenvalue weighted by Gasteiger charge is -2.38. The number of nitrogens with two attached hydrogens (primary N) is 1.